The van der Waals surface area contributed by atoms with Crippen molar-refractivity contribution in [2.24, 2.45) is 0 Å². The summed E-state index contributed by atoms with van der Waals surface area (Å²) in [5.41, 5.74) is -0.0346. The van der Waals surface area contributed by atoms with Gasteiger partial charge in [0.1, 0.15) is 5.56 Å². The van der Waals surface area contributed by atoms with E-state index in [0.717, 1.165) is 0 Å². The number of alkyl halides is 3. The first-order valence-electron chi connectivity index (χ1n) is 5.19. The minimum absolute atomic E-state index is 0.365. The van der Waals surface area contributed by atoms with Crippen LogP contribution in [0.25, 0.3) is 10.9 Å². The molecule has 0 aliphatic carbocycles. The molecule has 0 spiro atoms. The van der Waals surface area contributed by atoms with Gasteiger partial charge in [-0.1, -0.05) is 18.2 Å². The fourth-order valence-corrected chi connectivity index (χ4v) is 1.51. The molecule has 0 fully saturated rings. The second-order valence-electron chi connectivity index (χ2n) is 3.74. The van der Waals surface area contributed by atoms with Crippen LogP contribution < -0.4 is 4.74 Å². The number of nitrogens with zero attached hydrogens (tertiary/aromatic N) is 1. The molecule has 0 saturated heterocycles. The SMILES string of the molecule is O=C(O)c1cc2ccccc2nc1OCC(F)(F)F. The van der Waals surface area contributed by atoms with Gasteiger partial charge in [-0.05, 0) is 12.1 Å². The van der Waals surface area contributed by atoms with Gasteiger partial charge in [0.15, 0.2) is 6.61 Å². The molecule has 0 bridgehead atoms. The first-order valence-corrected chi connectivity index (χ1v) is 5.19. The van der Waals surface area contributed by atoms with E-state index < -0.39 is 30.2 Å². The number of para-hydroxylation sites is 1. The third-order valence-corrected chi connectivity index (χ3v) is 2.29. The minimum Gasteiger partial charge on any atom is -0.477 e. The van der Waals surface area contributed by atoms with Crippen molar-refractivity contribution in [1.82, 2.24) is 4.98 Å². The van der Waals surface area contributed by atoms with Gasteiger partial charge in [-0.2, -0.15) is 13.2 Å². The van der Waals surface area contributed by atoms with E-state index in [0.29, 0.717) is 10.9 Å². The number of carboxylic acids is 1. The summed E-state index contributed by atoms with van der Waals surface area (Å²) in [5.74, 6) is -1.93. The van der Waals surface area contributed by atoms with Crippen LogP contribution in [0.15, 0.2) is 30.3 Å². The number of ether oxygens (including phenoxy) is 1. The van der Waals surface area contributed by atoms with Gasteiger partial charge in [0.2, 0.25) is 5.88 Å². The third kappa shape index (κ3) is 3.12. The molecule has 0 aliphatic heterocycles. The highest BCUT2D eigenvalue weighted by molar-refractivity contribution is 5.95. The van der Waals surface area contributed by atoms with Crippen molar-refractivity contribution < 1.29 is 27.8 Å². The molecule has 19 heavy (non-hydrogen) atoms. The number of pyridine rings is 1. The summed E-state index contributed by atoms with van der Waals surface area (Å²) < 4.78 is 40.7. The van der Waals surface area contributed by atoms with Crippen LogP contribution in [0.5, 0.6) is 5.88 Å². The summed E-state index contributed by atoms with van der Waals surface area (Å²) in [6.45, 7) is -1.58. The maximum atomic E-state index is 12.1. The van der Waals surface area contributed by atoms with Gasteiger partial charge in [-0.15, -0.1) is 0 Å². The van der Waals surface area contributed by atoms with Gasteiger partial charge in [0, 0.05) is 5.39 Å². The van der Waals surface area contributed by atoms with Crippen molar-refractivity contribution in [2.75, 3.05) is 6.61 Å². The quantitative estimate of drug-likeness (QED) is 0.932. The van der Waals surface area contributed by atoms with Gasteiger partial charge in [-0.3, -0.25) is 0 Å². The first-order chi connectivity index (χ1) is 8.87. The Kier molecular flexibility index (Phi) is 3.28. The molecule has 0 aliphatic rings. The minimum atomic E-state index is -4.55. The van der Waals surface area contributed by atoms with E-state index in [1.54, 1.807) is 24.3 Å². The average Bonchev–Trinajstić information content (AvgIpc) is 2.34. The van der Waals surface area contributed by atoms with Crippen molar-refractivity contribution in [1.29, 1.82) is 0 Å². The number of hydrogen-bond acceptors (Lipinski definition) is 3. The van der Waals surface area contributed by atoms with Gasteiger partial charge in [0.05, 0.1) is 5.52 Å². The Labute approximate surface area is 105 Å². The van der Waals surface area contributed by atoms with Crippen molar-refractivity contribution in [3.63, 3.8) is 0 Å². The number of carboxylic acid groups (broad SMARTS) is 1. The highest BCUT2D eigenvalue weighted by Gasteiger charge is 2.29. The Morgan fingerprint density at radius 2 is 2.00 bits per heavy atom. The van der Waals surface area contributed by atoms with Crippen LogP contribution in [-0.2, 0) is 0 Å². The number of halogens is 3. The monoisotopic (exact) mass is 271 g/mol. The van der Waals surface area contributed by atoms with Gasteiger partial charge in [-0.25, -0.2) is 9.78 Å². The largest absolute Gasteiger partial charge is 0.477 e. The third-order valence-electron chi connectivity index (χ3n) is 2.29. The van der Waals surface area contributed by atoms with E-state index in [4.69, 9.17) is 5.11 Å². The second-order valence-corrected chi connectivity index (χ2v) is 3.74. The van der Waals surface area contributed by atoms with E-state index in [1.807, 2.05) is 0 Å². The summed E-state index contributed by atoms with van der Waals surface area (Å²) in [5, 5.41) is 9.47. The van der Waals surface area contributed by atoms with E-state index in [2.05, 4.69) is 9.72 Å². The maximum absolute atomic E-state index is 12.1. The Balaban J connectivity index is 2.45. The number of benzene rings is 1. The molecule has 100 valence electrons. The lowest BCUT2D eigenvalue weighted by atomic mass is 10.1. The molecule has 2 rings (SSSR count). The summed E-state index contributed by atoms with van der Waals surface area (Å²) in [6.07, 6.45) is -4.55. The molecule has 4 nitrogen and oxygen atoms in total. The maximum Gasteiger partial charge on any atom is 0.422 e. The Bertz CT molecular complexity index is 625. The number of carbonyl (C=O) groups is 1. The Morgan fingerprint density at radius 1 is 1.32 bits per heavy atom. The molecular weight excluding hydrogens is 263 g/mol. The number of aromatic carboxylic acids is 1. The van der Waals surface area contributed by atoms with Gasteiger partial charge >= 0.3 is 12.1 Å². The molecular formula is C12H8F3NO3. The highest BCUT2D eigenvalue weighted by atomic mass is 19.4. The number of rotatable bonds is 3. The average molecular weight is 271 g/mol. The number of hydrogen-bond donors (Lipinski definition) is 1. The topological polar surface area (TPSA) is 59.4 Å². The molecule has 1 N–H and O–H groups in total. The van der Waals surface area contributed by atoms with Crippen LogP contribution in [0.4, 0.5) is 13.2 Å². The molecule has 7 heteroatoms. The molecule has 1 heterocycles. The summed E-state index contributed by atoms with van der Waals surface area (Å²) in [7, 11) is 0. The van der Waals surface area contributed by atoms with E-state index in [9.17, 15) is 18.0 Å². The van der Waals surface area contributed by atoms with Crippen LogP contribution in [0, 0.1) is 0 Å². The van der Waals surface area contributed by atoms with Crippen LogP contribution >= 0.6 is 0 Å². The Hall–Kier alpha value is -2.31. The lowest BCUT2D eigenvalue weighted by Crippen LogP contribution is -2.20. The normalized spacial score (nSPS) is 11.5. The van der Waals surface area contributed by atoms with Crippen molar-refractivity contribution >= 4 is 16.9 Å². The molecule has 0 radical (unpaired) electrons. The molecule has 0 amide bonds. The summed E-state index contributed by atoms with van der Waals surface area (Å²) in [4.78, 5) is 14.8. The molecule has 0 saturated carbocycles. The number of aromatic nitrogens is 1. The highest BCUT2D eigenvalue weighted by Crippen LogP contribution is 2.24. The Morgan fingerprint density at radius 3 is 2.63 bits per heavy atom. The molecule has 2 aromatic rings. The van der Waals surface area contributed by atoms with Crippen LogP contribution in [0.1, 0.15) is 10.4 Å². The van der Waals surface area contributed by atoms with Crippen LogP contribution in [0.2, 0.25) is 0 Å². The zero-order chi connectivity index (χ0) is 14.0. The van der Waals surface area contributed by atoms with E-state index in [1.165, 1.54) is 6.07 Å². The smallest absolute Gasteiger partial charge is 0.422 e. The lowest BCUT2D eigenvalue weighted by Gasteiger charge is -2.11. The second kappa shape index (κ2) is 4.75. The lowest BCUT2D eigenvalue weighted by molar-refractivity contribution is -0.154. The molecule has 0 unspecified atom stereocenters. The predicted octanol–water partition coefficient (Wildman–Crippen LogP) is 2.87. The fraction of sp³-hybridized carbons (Fsp3) is 0.167. The molecule has 1 aromatic heterocycles. The fourth-order valence-electron chi connectivity index (χ4n) is 1.51. The van der Waals surface area contributed by atoms with E-state index >= 15 is 0 Å². The van der Waals surface area contributed by atoms with Crippen molar-refractivity contribution in [3.8, 4) is 5.88 Å². The zero-order valence-electron chi connectivity index (χ0n) is 9.44. The molecule has 1 aromatic carbocycles. The standard InChI is InChI=1S/C12H8F3NO3/c13-12(14,15)6-19-10-8(11(17)18)5-7-3-1-2-4-9(7)16-10/h1-5H,6H2,(H,17,18). The van der Waals surface area contributed by atoms with Gasteiger partial charge < -0.3 is 9.84 Å². The van der Waals surface area contributed by atoms with Crippen molar-refractivity contribution in [2.45, 2.75) is 6.18 Å². The summed E-state index contributed by atoms with van der Waals surface area (Å²) >= 11 is 0. The number of fused-ring (bicyclic) bond motifs is 1. The predicted molar refractivity (Wildman–Crippen MR) is 60.3 cm³/mol. The summed E-state index contributed by atoms with van der Waals surface area (Å²) in [6, 6.07) is 7.72. The van der Waals surface area contributed by atoms with Crippen molar-refractivity contribution in [3.05, 3.63) is 35.9 Å². The van der Waals surface area contributed by atoms with E-state index in [-0.39, 0.29) is 0 Å². The first kappa shape index (κ1) is 13.1. The van der Waals surface area contributed by atoms with Crippen LogP contribution in [-0.4, -0.2) is 28.8 Å². The van der Waals surface area contributed by atoms with Crippen LogP contribution in [0.3, 0.4) is 0 Å². The molecule has 0 atom stereocenters. The zero-order valence-corrected chi connectivity index (χ0v) is 9.44. The van der Waals surface area contributed by atoms with Gasteiger partial charge in [0.25, 0.3) is 0 Å².